The van der Waals surface area contributed by atoms with Crippen LogP contribution >= 0.6 is 11.3 Å². The molecule has 1 aromatic heterocycles. The largest absolute Gasteiger partial charge is 0.573 e. The van der Waals surface area contributed by atoms with Crippen molar-refractivity contribution in [2.24, 2.45) is 0 Å². The van der Waals surface area contributed by atoms with Gasteiger partial charge in [0.25, 0.3) is 5.91 Å². The van der Waals surface area contributed by atoms with E-state index in [1.807, 2.05) is 0 Å². The number of nitrogens with zero attached hydrogens (tertiary/aromatic N) is 1. The van der Waals surface area contributed by atoms with Crippen LogP contribution in [0.1, 0.15) is 21.1 Å². The molecule has 0 aliphatic carbocycles. The van der Waals surface area contributed by atoms with Crippen LogP contribution in [0.2, 0.25) is 0 Å². The molecule has 1 amide bonds. The molecule has 1 N–H and O–H groups in total. The molecule has 0 fully saturated rings. The summed E-state index contributed by atoms with van der Waals surface area (Å²) in [6.45, 7) is 1.68. The van der Waals surface area contributed by atoms with Gasteiger partial charge >= 0.3 is 6.36 Å². The molecule has 0 spiro atoms. The number of hydrogen-bond donors (Lipinski definition) is 1. The number of halogens is 3. The number of amides is 1. The van der Waals surface area contributed by atoms with Gasteiger partial charge in [-0.2, -0.15) is 0 Å². The van der Waals surface area contributed by atoms with Crippen molar-refractivity contribution in [2.75, 3.05) is 0 Å². The van der Waals surface area contributed by atoms with E-state index in [1.165, 1.54) is 29.5 Å². The van der Waals surface area contributed by atoms with E-state index in [4.69, 9.17) is 0 Å². The first kappa shape index (κ1) is 15.3. The van der Waals surface area contributed by atoms with Crippen molar-refractivity contribution in [1.29, 1.82) is 0 Å². The van der Waals surface area contributed by atoms with Crippen LogP contribution in [0, 0.1) is 6.92 Å². The number of nitrogens with one attached hydrogen (secondary N) is 1. The second-order valence-electron chi connectivity index (χ2n) is 4.09. The molecule has 2 aromatic rings. The second kappa shape index (κ2) is 6.13. The Labute approximate surface area is 122 Å². The molecule has 2 rings (SSSR count). The highest BCUT2D eigenvalue weighted by Crippen LogP contribution is 2.26. The summed E-state index contributed by atoms with van der Waals surface area (Å²) in [5, 5.41) is 4.84. The summed E-state index contributed by atoms with van der Waals surface area (Å²) in [5.41, 5.74) is 0.474. The van der Waals surface area contributed by atoms with Crippen LogP contribution in [0.25, 0.3) is 0 Å². The number of hydrogen-bond acceptors (Lipinski definition) is 4. The van der Waals surface area contributed by atoms with Crippen LogP contribution in [0.5, 0.6) is 5.75 Å². The summed E-state index contributed by atoms with van der Waals surface area (Å²) in [5.74, 6) is -0.777. The molecule has 0 aliphatic heterocycles. The molecule has 0 aliphatic rings. The second-order valence-corrected chi connectivity index (χ2v) is 5.15. The number of benzene rings is 1. The fraction of sp³-hybridized carbons (Fsp3) is 0.231. The number of carbonyl (C=O) groups excluding carboxylic acids is 1. The van der Waals surface area contributed by atoms with E-state index in [0.29, 0.717) is 0 Å². The third-order valence-corrected chi connectivity index (χ3v) is 3.26. The van der Waals surface area contributed by atoms with Crippen molar-refractivity contribution in [2.45, 2.75) is 19.8 Å². The van der Waals surface area contributed by atoms with E-state index in [9.17, 15) is 18.0 Å². The lowest BCUT2D eigenvalue weighted by Gasteiger charge is -2.13. The average molecular weight is 316 g/mol. The summed E-state index contributed by atoms with van der Waals surface area (Å²) in [7, 11) is 0. The van der Waals surface area contributed by atoms with Crippen molar-refractivity contribution in [3.63, 3.8) is 0 Å². The third-order valence-electron chi connectivity index (χ3n) is 2.49. The zero-order valence-electron chi connectivity index (χ0n) is 10.9. The Hall–Kier alpha value is -2.09. The normalized spacial score (nSPS) is 11.2. The van der Waals surface area contributed by atoms with Crippen LogP contribution in [0.15, 0.2) is 29.6 Å². The smallest absolute Gasteiger partial charge is 0.405 e. The molecule has 0 atom stereocenters. The molecule has 0 bridgehead atoms. The van der Waals surface area contributed by atoms with Gasteiger partial charge in [0, 0.05) is 17.5 Å². The highest BCUT2D eigenvalue weighted by atomic mass is 32.1. The standard InChI is InChI=1S/C13H11F3N2O2S/c1-8-18-10(7-21-8)12(19)17-6-9-4-2-3-5-11(9)20-13(14,15)16/h2-5,7H,6H2,1H3,(H,17,19). The molecule has 8 heteroatoms. The fourth-order valence-electron chi connectivity index (χ4n) is 1.61. The molecule has 1 heterocycles. The summed E-state index contributed by atoms with van der Waals surface area (Å²) in [4.78, 5) is 15.8. The third kappa shape index (κ3) is 4.45. The molecule has 4 nitrogen and oxygen atoms in total. The predicted molar refractivity (Wildman–Crippen MR) is 71.1 cm³/mol. The maximum atomic E-state index is 12.3. The number of thiazole rings is 1. The SMILES string of the molecule is Cc1nc(C(=O)NCc2ccccc2OC(F)(F)F)cs1. The van der Waals surface area contributed by atoms with Gasteiger partial charge in [0.05, 0.1) is 5.01 Å². The quantitative estimate of drug-likeness (QED) is 0.942. The molecule has 112 valence electrons. The van der Waals surface area contributed by atoms with Gasteiger partial charge in [-0.1, -0.05) is 18.2 Å². The summed E-state index contributed by atoms with van der Waals surface area (Å²) < 4.78 is 40.7. The predicted octanol–water partition coefficient (Wildman–Crippen LogP) is 3.28. The molecule has 21 heavy (non-hydrogen) atoms. The summed E-state index contributed by atoms with van der Waals surface area (Å²) >= 11 is 1.32. The molecule has 0 saturated heterocycles. The maximum absolute atomic E-state index is 12.3. The van der Waals surface area contributed by atoms with Crippen molar-refractivity contribution >= 4 is 17.2 Å². The molecule has 0 radical (unpaired) electrons. The number of ether oxygens (including phenoxy) is 1. The maximum Gasteiger partial charge on any atom is 0.573 e. The first-order valence-electron chi connectivity index (χ1n) is 5.89. The fourth-order valence-corrected chi connectivity index (χ4v) is 2.20. The highest BCUT2D eigenvalue weighted by Gasteiger charge is 2.32. The minimum atomic E-state index is -4.77. The lowest BCUT2D eigenvalue weighted by atomic mass is 10.2. The highest BCUT2D eigenvalue weighted by molar-refractivity contribution is 7.09. The summed E-state index contributed by atoms with van der Waals surface area (Å²) in [6.07, 6.45) is -4.77. The molecule has 0 unspecified atom stereocenters. The number of para-hydroxylation sites is 1. The van der Waals surface area contributed by atoms with Gasteiger partial charge in [-0.3, -0.25) is 4.79 Å². The van der Waals surface area contributed by atoms with Gasteiger partial charge in [0.15, 0.2) is 0 Å². The lowest BCUT2D eigenvalue weighted by Crippen LogP contribution is -2.24. The van der Waals surface area contributed by atoms with Gasteiger partial charge in [-0.15, -0.1) is 24.5 Å². The minimum Gasteiger partial charge on any atom is -0.405 e. The lowest BCUT2D eigenvalue weighted by molar-refractivity contribution is -0.274. The monoisotopic (exact) mass is 316 g/mol. The Morgan fingerprint density at radius 3 is 2.71 bits per heavy atom. The summed E-state index contributed by atoms with van der Waals surface area (Å²) in [6, 6.07) is 5.64. The average Bonchev–Trinajstić information content (AvgIpc) is 2.82. The van der Waals surface area contributed by atoms with E-state index >= 15 is 0 Å². The minimum absolute atomic E-state index is 0.0817. The first-order chi connectivity index (χ1) is 9.85. The molecule has 1 aromatic carbocycles. The van der Waals surface area contributed by atoms with Crippen LogP contribution in [0.3, 0.4) is 0 Å². The van der Waals surface area contributed by atoms with E-state index < -0.39 is 12.3 Å². The number of alkyl halides is 3. The van der Waals surface area contributed by atoms with Crippen LogP contribution in [0.4, 0.5) is 13.2 Å². The molecular weight excluding hydrogens is 305 g/mol. The molecular formula is C13H11F3N2O2S. The molecule has 0 saturated carbocycles. The Morgan fingerprint density at radius 1 is 1.38 bits per heavy atom. The van der Waals surface area contributed by atoms with Crippen molar-refractivity contribution in [3.8, 4) is 5.75 Å². The number of carbonyl (C=O) groups is 1. The van der Waals surface area contributed by atoms with E-state index in [0.717, 1.165) is 5.01 Å². The topological polar surface area (TPSA) is 51.2 Å². The van der Waals surface area contributed by atoms with Crippen molar-refractivity contribution < 1.29 is 22.7 Å². The van der Waals surface area contributed by atoms with Crippen LogP contribution in [-0.4, -0.2) is 17.3 Å². The van der Waals surface area contributed by atoms with Crippen LogP contribution in [-0.2, 0) is 6.54 Å². The Balaban J connectivity index is 2.05. The first-order valence-corrected chi connectivity index (χ1v) is 6.77. The zero-order chi connectivity index (χ0) is 15.5. The Bertz CT molecular complexity index is 640. The number of rotatable bonds is 4. The number of aromatic nitrogens is 1. The van der Waals surface area contributed by atoms with Gasteiger partial charge in [-0.05, 0) is 13.0 Å². The van der Waals surface area contributed by atoms with Crippen LogP contribution < -0.4 is 10.1 Å². The Morgan fingerprint density at radius 2 is 2.10 bits per heavy atom. The van der Waals surface area contributed by atoms with Gasteiger partial charge < -0.3 is 10.1 Å². The van der Waals surface area contributed by atoms with E-state index in [2.05, 4.69) is 15.0 Å². The van der Waals surface area contributed by atoms with E-state index in [1.54, 1.807) is 18.4 Å². The van der Waals surface area contributed by atoms with Crippen molar-refractivity contribution in [3.05, 3.63) is 45.9 Å². The van der Waals surface area contributed by atoms with Gasteiger partial charge in [-0.25, -0.2) is 4.98 Å². The Kier molecular flexibility index (Phi) is 4.46. The van der Waals surface area contributed by atoms with Gasteiger partial charge in [0.1, 0.15) is 11.4 Å². The van der Waals surface area contributed by atoms with Crippen molar-refractivity contribution in [1.82, 2.24) is 10.3 Å². The van der Waals surface area contributed by atoms with E-state index in [-0.39, 0.29) is 23.6 Å². The number of aryl methyl sites for hydroxylation is 1. The zero-order valence-corrected chi connectivity index (χ0v) is 11.7. The van der Waals surface area contributed by atoms with Gasteiger partial charge in [0.2, 0.25) is 0 Å².